The number of esters is 1. The Morgan fingerprint density at radius 3 is 2.09 bits per heavy atom. The highest BCUT2D eigenvalue weighted by atomic mass is 16.5. The van der Waals surface area contributed by atoms with Crippen molar-refractivity contribution in [2.45, 2.75) is 32.6 Å². The van der Waals surface area contributed by atoms with Gasteiger partial charge in [-0.25, -0.2) is 0 Å². The summed E-state index contributed by atoms with van der Waals surface area (Å²) in [7, 11) is 0. The molecule has 0 aliphatic rings. The van der Waals surface area contributed by atoms with E-state index in [1.807, 2.05) is 18.2 Å². The Labute approximate surface area is 137 Å². The van der Waals surface area contributed by atoms with Gasteiger partial charge in [-0.3, -0.25) is 9.59 Å². The Bertz CT molecular complexity index is 630. The third kappa shape index (κ3) is 5.70. The second-order valence-corrected chi connectivity index (χ2v) is 5.44. The molecule has 2 aromatic carbocycles. The van der Waals surface area contributed by atoms with Crippen LogP contribution < -0.4 is 0 Å². The molecule has 0 saturated heterocycles. The first kappa shape index (κ1) is 16.9. The topological polar surface area (TPSA) is 43.4 Å². The van der Waals surface area contributed by atoms with Crippen molar-refractivity contribution in [2.24, 2.45) is 0 Å². The predicted molar refractivity (Wildman–Crippen MR) is 90.5 cm³/mol. The molecule has 23 heavy (non-hydrogen) atoms. The molecule has 0 fully saturated rings. The minimum atomic E-state index is -0.468. The Kier molecular flexibility index (Phi) is 6.55. The highest BCUT2D eigenvalue weighted by molar-refractivity contribution is 6.05. The quantitative estimate of drug-likeness (QED) is 0.420. The molecule has 3 nitrogen and oxygen atoms in total. The molecule has 0 N–H and O–H groups in total. The van der Waals surface area contributed by atoms with Crippen LogP contribution in [0.25, 0.3) is 0 Å². The number of aryl methyl sites for hydroxylation is 2. The Balaban J connectivity index is 1.82. The summed E-state index contributed by atoms with van der Waals surface area (Å²) in [5.41, 5.74) is 3.10. The summed E-state index contributed by atoms with van der Waals surface area (Å²) in [6.07, 6.45) is 2.90. The van der Waals surface area contributed by atoms with Crippen molar-refractivity contribution in [2.75, 3.05) is 6.61 Å². The Morgan fingerprint density at radius 1 is 0.870 bits per heavy atom. The van der Waals surface area contributed by atoms with E-state index in [-0.39, 0.29) is 12.2 Å². The molecule has 2 aromatic rings. The number of benzene rings is 2. The summed E-state index contributed by atoms with van der Waals surface area (Å²) in [5.74, 6) is -0.663. The molecule has 0 amide bonds. The zero-order chi connectivity index (χ0) is 16.5. The molecular formula is C20H22O3. The SMILES string of the molecule is CCOC(=O)CC(=O)c1ccc(CCCc2ccccc2)cc1. The summed E-state index contributed by atoms with van der Waals surface area (Å²) < 4.78 is 4.79. The van der Waals surface area contributed by atoms with Gasteiger partial charge in [0.05, 0.1) is 6.61 Å². The molecule has 0 aliphatic heterocycles. The van der Waals surface area contributed by atoms with Crippen LogP contribution in [-0.2, 0) is 22.4 Å². The summed E-state index contributed by atoms with van der Waals surface area (Å²) in [6, 6.07) is 17.9. The molecular weight excluding hydrogens is 288 g/mol. The molecule has 0 heterocycles. The van der Waals surface area contributed by atoms with Gasteiger partial charge in [0.2, 0.25) is 0 Å². The molecule has 120 valence electrons. The molecule has 0 atom stereocenters. The normalized spacial score (nSPS) is 10.3. The van der Waals surface area contributed by atoms with E-state index in [2.05, 4.69) is 24.3 Å². The van der Waals surface area contributed by atoms with E-state index < -0.39 is 5.97 Å². The molecule has 3 heteroatoms. The lowest BCUT2D eigenvalue weighted by Crippen LogP contribution is -2.11. The van der Waals surface area contributed by atoms with Gasteiger partial charge in [-0.05, 0) is 37.3 Å². The van der Waals surface area contributed by atoms with Crippen LogP contribution in [0.3, 0.4) is 0 Å². The van der Waals surface area contributed by atoms with Gasteiger partial charge in [0.25, 0.3) is 0 Å². The standard InChI is InChI=1S/C20H22O3/c1-2-23-20(22)15-19(21)18-13-11-17(12-14-18)10-6-9-16-7-4-3-5-8-16/h3-5,7-8,11-14H,2,6,9-10,15H2,1H3. The highest BCUT2D eigenvalue weighted by Gasteiger charge is 2.12. The van der Waals surface area contributed by atoms with Crippen LogP contribution in [0.15, 0.2) is 54.6 Å². The lowest BCUT2D eigenvalue weighted by molar-refractivity contribution is -0.141. The smallest absolute Gasteiger partial charge is 0.313 e. The fourth-order valence-electron chi connectivity index (χ4n) is 2.44. The number of hydrogen-bond acceptors (Lipinski definition) is 3. The van der Waals surface area contributed by atoms with E-state index in [9.17, 15) is 9.59 Å². The first-order valence-corrected chi connectivity index (χ1v) is 8.00. The van der Waals surface area contributed by atoms with Gasteiger partial charge in [0.15, 0.2) is 5.78 Å². The van der Waals surface area contributed by atoms with E-state index >= 15 is 0 Å². The van der Waals surface area contributed by atoms with Gasteiger partial charge < -0.3 is 4.74 Å². The van der Waals surface area contributed by atoms with E-state index in [4.69, 9.17) is 4.74 Å². The predicted octanol–water partition coefficient (Wildman–Crippen LogP) is 4.00. The molecule has 0 aromatic heterocycles. The van der Waals surface area contributed by atoms with Crippen LogP contribution in [0.1, 0.15) is 41.3 Å². The van der Waals surface area contributed by atoms with Gasteiger partial charge in [0.1, 0.15) is 6.42 Å². The summed E-state index contributed by atoms with van der Waals surface area (Å²) in [5, 5.41) is 0. The molecule has 0 radical (unpaired) electrons. The fraction of sp³-hybridized carbons (Fsp3) is 0.300. The average Bonchev–Trinajstić information content (AvgIpc) is 2.56. The Morgan fingerprint density at radius 2 is 1.48 bits per heavy atom. The van der Waals surface area contributed by atoms with Gasteiger partial charge in [-0.15, -0.1) is 0 Å². The van der Waals surface area contributed by atoms with Crippen molar-refractivity contribution in [1.82, 2.24) is 0 Å². The number of carbonyl (C=O) groups is 2. The van der Waals surface area contributed by atoms with Crippen LogP contribution in [-0.4, -0.2) is 18.4 Å². The fourth-order valence-corrected chi connectivity index (χ4v) is 2.44. The van der Waals surface area contributed by atoms with Gasteiger partial charge in [-0.1, -0.05) is 54.6 Å². The molecule has 0 bridgehead atoms. The summed E-state index contributed by atoms with van der Waals surface area (Å²) >= 11 is 0. The van der Waals surface area contributed by atoms with Crippen molar-refractivity contribution >= 4 is 11.8 Å². The molecule has 0 aliphatic carbocycles. The minimum absolute atomic E-state index is 0.193. The summed E-state index contributed by atoms with van der Waals surface area (Å²) in [4.78, 5) is 23.3. The maximum atomic E-state index is 11.9. The van der Waals surface area contributed by atoms with Gasteiger partial charge >= 0.3 is 5.97 Å². The number of Topliss-reactive ketones (excluding diaryl/α,β-unsaturated/α-hetero) is 1. The second-order valence-electron chi connectivity index (χ2n) is 5.44. The third-order valence-corrected chi connectivity index (χ3v) is 3.66. The monoisotopic (exact) mass is 310 g/mol. The zero-order valence-corrected chi connectivity index (χ0v) is 13.5. The second kappa shape index (κ2) is 8.89. The maximum Gasteiger partial charge on any atom is 0.313 e. The molecule has 2 rings (SSSR count). The molecule has 0 saturated carbocycles. The van der Waals surface area contributed by atoms with Crippen molar-refractivity contribution in [3.63, 3.8) is 0 Å². The van der Waals surface area contributed by atoms with Crippen molar-refractivity contribution in [3.8, 4) is 0 Å². The van der Waals surface area contributed by atoms with Crippen LogP contribution >= 0.6 is 0 Å². The number of ketones is 1. The van der Waals surface area contributed by atoms with E-state index in [1.165, 1.54) is 11.1 Å². The Hall–Kier alpha value is -2.42. The molecule has 0 spiro atoms. The number of hydrogen-bond donors (Lipinski definition) is 0. The van der Waals surface area contributed by atoms with E-state index in [1.54, 1.807) is 19.1 Å². The van der Waals surface area contributed by atoms with Gasteiger partial charge in [0, 0.05) is 5.56 Å². The lowest BCUT2D eigenvalue weighted by atomic mass is 10.0. The van der Waals surface area contributed by atoms with Crippen LogP contribution in [0, 0.1) is 0 Å². The van der Waals surface area contributed by atoms with E-state index in [0.29, 0.717) is 12.2 Å². The molecule has 0 unspecified atom stereocenters. The first-order valence-electron chi connectivity index (χ1n) is 8.00. The lowest BCUT2D eigenvalue weighted by Gasteiger charge is -2.05. The number of rotatable bonds is 8. The van der Waals surface area contributed by atoms with E-state index in [0.717, 1.165) is 19.3 Å². The number of ether oxygens (including phenoxy) is 1. The first-order chi connectivity index (χ1) is 11.2. The van der Waals surface area contributed by atoms with Crippen molar-refractivity contribution < 1.29 is 14.3 Å². The maximum absolute atomic E-state index is 11.9. The van der Waals surface area contributed by atoms with Crippen molar-refractivity contribution in [1.29, 1.82) is 0 Å². The van der Waals surface area contributed by atoms with Crippen molar-refractivity contribution in [3.05, 3.63) is 71.3 Å². The van der Waals surface area contributed by atoms with Gasteiger partial charge in [-0.2, -0.15) is 0 Å². The van der Waals surface area contributed by atoms with Crippen LogP contribution in [0.5, 0.6) is 0 Å². The largest absolute Gasteiger partial charge is 0.466 e. The summed E-state index contributed by atoms with van der Waals surface area (Å²) in [6.45, 7) is 2.03. The third-order valence-electron chi connectivity index (χ3n) is 3.66. The van der Waals surface area contributed by atoms with Crippen LogP contribution in [0.2, 0.25) is 0 Å². The number of carbonyl (C=O) groups excluding carboxylic acids is 2. The minimum Gasteiger partial charge on any atom is -0.466 e. The average molecular weight is 310 g/mol. The van der Waals surface area contributed by atoms with Crippen LogP contribution in [0.4, 0.5) is 0 Å². The zero-order valence-electron chi connectivity index (χ0n) is 13.5. The highest BCUT2D eigenvalue weighted by Crippen LogP contribution is 2.11.